The molecule has 4 atom stereocenters. The Morgan fingerprint density at radius 3 is 2.92 bits per heavy atom. The van der Waals surface area contributed by atoms with E-state index in [1.54, 1.807) is 17.9 Å². The molecule has 3 N–H and O–H groups in total. The first-order valence-corrected chi connectivity index (χ1v) is 9.39. The lowest BCUT2D eigenvalue weighted by Gasteiger charge is -2.57. The maximum atomic E-state index is 10.3. The van der Waals surface area contributed by atoms with Crippen molar-refractivity contribution < 1.29 is 9.84 Å². The van der Waals surface area contributed by atoms with Gasteiger partial charge in [0.05, 0.1) is 18.4 Å². The van der Waals surface area contributed by atoms with Crippen molar-refractivity contribution in [3.05, 3.63) is 18.0 Å². The molecule has 4 unspecified atom stereocenters. The van der Waals surface area contributed by atoms with Gasteiger partial charge in [-0.05, 0) is 19.3 Å². The average Bonchev–Trinajstić information content (AvgIpc) is 3.34. The van der Waals surface area contributed by atoms with Gasteiger partial charge in [0.2, 0.25) is 0 Å². The molecule has 0 amide bonds. The molecule has 0 radical (unpaired) electrons. The topological polar surface area (TPSA) is 83.7 Å². The number of guanidine groups is 1. The highest BCUT2D eigenvalue weighted by Gasteiger charge is 2.65. The summed E-state index contributed by atoms with van der Waals surface area (Å²) in [6, 6.07) is 0.434. The van der Waals surface area contributed by atoms with Crippen molar-refractivity contribution in [2.75, 3.05) is 20.2 Å². The molecule has 8 heteroatoms. The van der Waals surface area contributed by atoms with Gasteiger partial charge in [0, 0.05) is 56.4 Å². The van der Waals surface area contributed by atoms with Crippen molar-refractivity contribution in [3.63, 3.8) is 0 Å². The molecule has 1 spiro atoms. The fourth-order valence-electron chi connectivity index (χ4n) is 5.17. The first kappa shape index (κ1) is 19.9. The van der Waals surface area contributed by atoms with Crippen LogP contribution in [0.2, 0.25) is 0 Å². The second-order valence-corrected chi connectivity index (χ2v) is 7.72. The van der Waals surface area contributed by atoms with Gasteiger partial charge in [0.1, 0.15) is 0 Å². The summed E-state index contributed by atoms with van der Waals surface area (Å²) in [6.07, 6.45) is 9.61. The van der Waals surface area contributed by atoms with E-state index in [-0.39, 0.29) is 24.0 Å². The number of aryl methyl sites for hydroxylation is 1. The van der Waals surface area contributed by atoms with E-state index in [1.807, 2.05) is 13.2 Å². The largest absolute Gasteiger partial charge is 0.386 e. The molecule has 2 aliphatic carbocycles. The van der Waals surface area contributed by atoms with Gasteiger partial charge in [-0.15, -0.1) is 24.0 Å². The summed E-state index contributed by atoms with van der Waals surface area (Å²) in [4.78, 5) is 4.37. The average molecular weight is 475 g/mol. The highest BCUT2D eigenvalue weighted by atomic mass is 127. The normalized spacial score (nSPS) is 30.4. The maximum Gasteiger partial charge on any atom is 0.191 e. The third kappa shape index (κ3) is 3.35. The summed E-state index contributed by atoms with van der Waals surface area (Å²) < 4.78 is 7.74. The molecular formula is C18H30IN5O2. The molecule has 1 aromatic heterocycles. The van der Waals surface area contributed by atoms with Gasteiger partial charge in [-0.3, -0.25) is 9.67 Å². The Balaban J connectivity index is 0.00000196. The summed E-state index contributed by atoms with van der Waals surface area (Å²) in [7, 11) is 3.64. The molecule has 2 heterocycles. The van der Waals surface area contributed by atoms with Crippen LogP contribution in [0.1, 0.15) is 43.8 Å². The summed E-state index contributed by atoms with van der Waals surface area (Å²) in [5, 5.41) is 21.3. The number of nitrogens with zero attached hydrogens (tertiary/aromatic N) is 3. The minimum absolute atomic E-state index is 0. The maximum absolute atomic E-state index is 10.3. The zero-order valence-electron chi connectivity index (χ0n) is 15.5. The van der Waals surface area contributed by atoms with Crippen LogP contribution in [0.25, 0.3) is 0 Å². The van der Waals surface area contributed by atoms with E-state index < -0.39 is 6.10 Å². The number of halogens is 1. The van der Waals surface area contributed by atoms with E-state index in [0.29, 0.717) is 30.0 Å². The first-order valence-electron chi connectivity index (χ1n) is 9.39. The van der Waals surface area contributed by atoms with E-state index in [2.05, 4.69) is 20.7 Å². The molecule has 26 heavy (non-hydrogen) atoms. The summed E-state index contributed by atoms with van der Waals surface area (Å²) in [6.45, 7) is 1.30. The molecule has 4 rings (SSSR count). The number of nitrogens with one attached hydrogen (secondary N) is 2. The lowest BCUT2D eigenvalue weighted by molar-refractivity contribution is -0.125. The molecule has 1 aliphatic heterocycles. The van der Waals surface area contributed by atoms with Crippen LogP contribution in [0, 0.1) is 11.3 Å². The molecule has 0 bridgehead atoms. The second kappa shape index (κ2) is 8.02. The summed E-state index contributed by atoms with van der Waals surface area (Å²) in [5.41, 5.74) is 1.10. The van der Waals surface area contributed by atoms with Gasteiger partial charge in [-0.1, -0.05) is 12.8 Å². The monoisotopic (exact) mass is 475 g/mol. The van der Waals surface area contributed by atoms with Gasteiger partial charge in [-0.2, -0.15) is 5.10 Å². The summed E-state index contributed by atoms with van der Waals surface area (Å²) in [5.74, 6) is 1.37. The zero-order chi connectivity index (χ0) is 17.4. The quantitative estimate of drug-likeness (QED) is 0.350. The molecule has 3 fully saturated rings. The van der Waals surface area contributed by atoms with Crippen LogP contribution in [0.15, 0.2) is 17.4 Å². The molecule has 146 valence electrons. The van der Waals surface area contributed by atoms with Crippen molar-refractivity contribution >= 4 is 29.9 Å². The van der Waals surface area contributed by atoms with E-state index in [0.717, 1.165) is 24.6 Å². The van der Waals surface area contributed by atoms with Gasteiger partial charge >= 0.3 is 0 Å². The van der Waals surface area contributed by atoms with Crippen LogP contribution in [0.3, 0.4) is 0 Å². The third-order valence-electron chi connectivity index (χ3n) is 6.37. The van der Waals surface area contributed by atoms with Crippen molar-refractivity contribution in [3.8, 4) is 0 Å². The minimum Gasteiger partial charge on any atom is -0.386 e. The van der Waals surface area contributed by atoms with Crippen LogP contribution in [-0.2, 0) is 11.8 Å². The summed E-state index contributed by atoms with van der Waals surface area (Å²) >= 11 is 0. The van der Waals surface area contributed by atoms with Gasteiger partial charge in [-0.25, -0.2) is 0 Å². The van der Waals surface area contributed by atoms with Crippen molar-refractivity contribution in [2.45, 2.75) is 50.4 Å². The lowest BCUT2D eigenvalue weighted by atomic mass is 9.54. The number of hydrogen-bond acceptors (Lipinski definition) is 4. The smallest absolute Gasteiger partial charge is 0.191 e. The van der Waals surface area contributed by atoms with Crippen LogP contribution in [0.5, 0.6) is 0 Å². The van der Waals surface area contributed by atoms with Gasteiger partial charge in [0.15, 0.2) is 5.96 Å². The lowest BCUT2D eigenvalue weighted by Crippen LogP contribution is -2.69. The van der Waals surface area contributed by atoms with E-state index in [1.165, 1.54) is 25.7 Å². The zero-order valence-corrected chi connectivity index (χ0v) is 17.8. The van der Waals surface area contributed by atoms with Gasteiger partial charge in [0.25, 0.3) is 0 Å². The van der Waals surface area contributed by atoms with Crippen LogP contribution < -0.4 is 10.6 Å². The SMILES string of the molecule is CN=C(NCC(O)c1cnn(C)c1)NC1C2CCOC2C12CCCC2.I. The van der Waals surface area contributed by atoms with E-state index in [4.69, 9.17) is 4.74 Å². The first-order chi connectivity index (χ1) is 12.1. The number of aliphatic hydroxyl groups is 1. The number of aromatic nitrogens is 2. The second-order valence-electron chi connectivity index (χ2n) is 7.72. The predicted molar refractivity (Wildman–Crippen MR) is 111 cm³/mol. The molecule has 7 nitrogen and oxygen atoms in total. The molecule has 1 saturated heterocycles. The van der Waals surface area contributed by atoms with Crippen molar-refractivity contribution in [2.24, 2.45) is 23.4 Å². The Morgan fingerprint density at radius 2 is 2.27 bits per heavy atom. The number of rotatable bonds is 4. The predicted octanol–water partition coefficient (Wildman–Crippen LogP) is 1.58. The molecule has 3 aliphatic rings. The van der Waals surface area contributed by atoms with Crippen molar-refractivity contribution in [1.82, 2.24) is 20.4 Å². The van der Waals surface area contributed by atoms with Crippen LogP contribution in [0.4, 0.5) is 0 Å². The molecule has 1 aromatic rings. The number of hydrogen-bond donors (Lipinski definition) is 3. The minimum atomic E-state index is -0.600. The fourth-order valence-corrected chi connectivity index (χ4v) is 5.17. The Bertz CT molecular complexity index is 643. The molecule has 2 saturated carbocycles. The van der Waals surface area contributed by atoms with Gasteiger partial charge < -0.3 is 20.5 Å². The Morgan fingerprint density at radius 1 is 1.50 bits per heavy atom. The number of aliphatic imine (C=N–C) groups is 1. The standard InChI is InChI=1S/C18H29N5O2.HI/c1-19-17(20-10-14(24)12-9-21-23(2)11-12)22-15-13-5-8-25-16(13)18(15)6-3-4-7-18;/h9,11,13-16,24H,3-8,10H2,1-2H3,(H2,19,20,22);1H. The Labute approximate surface area is 172 Å². The Hall–Kier alpha value is -0.870. The van der Waals surface area contributed by atoms with E-state index in [9.17, 15) is 5.11 Å². The Kier molecular flexibility index (Phi) is 6.13. The number of ether oxygens (including phenoxy) is 1. The fraction of sp³-hybridized carbons (Fsp3) is 0.778. The molecule has 0 aromatic carbocycles. The van der Waals surface area contributed by atoms with Crippen LogP contribution in [-0.4, -0.2) is 53.2 Å². The van der Waals surface area contributed by atoms with Crippen molar-refractivity contribution in [1.29, 1.82) is 0 Å². The highest BCUT2D eigenvalue weighted by molar-refractivity contribution is 14.0. The third-order valence-corrected chi connectivity index (χ3v) is 6.37. The highest BCUT2D eigenvalue weighted by Crippen LogP contribution is 2.60. The number of fused-ring (bicyclic) bond motifs is 2. The van der Waals surface area contributed by atoms with Crippen LogP contribution >= 0.6 is 24.0 Å². The van der Waals surface area contributed by atoms with E-state index >= 15 is 0 Å². The number of aliphatic hydroxyl groups excluding tert-OH is 1. The molecular weight excluding hydrogens is 445 g/mol.